The van der Waals surface area contributed by atoms with Gasteiger partial charge < -0.3 is 0 Å². The van der Waals surface area contributed by atoms with Crippen molar-refractivity contribution in [2.75, 3.05) is 13.1 Å². The van der Waals surface area contributed by atoms with Crippen LogP contribution in [0.3, 0.4) is 0 Å². The lowest BCUT2D eigenvalue weighted by atomic mass is 10.0. The molecule has 2 aliphatic heterocycles. The van der Waals surface area contributed by atoms with E-state index >= 15 is 0 Å². The number of aryl methyl sites for hydroxylation is 2. The van der Waals surface area contributed by atoms with Crippen LogP contribution in [-0.2, 0) is 13.0 Å². The first-order valence-corrected chi connectivity index (χ1v) is 13.1. The second kappa shape index (κ2) is 9.23. The highest BCUT2D eigenvalue weighted by molar-refractivity contribution is 6.26. The predicted molar refractivity (Wildman–Crippen MR) is 143 cm³/mol. The Morgan fingerprint density at radius 2 is 1.68 bits per heavy atom. The molecule has 2 amide bonds. The van der Waals surface area contributed by atoms with Gasteiger partial charge in [0.15, 0.2) is 0 Å². The molecule has 0 spiro atoms. The Bertz CT molecular complexity index is 1520. The van der Waals surface area contributed by atoms with Crippen LogP contribution < -0.4 is 0 Å². The van der Waals surface area contributed by atoms with E-state index in [4.69, 9.17) is 10.1 Å². The van der Waals surface area contributed by atoms with Crippen LogP contribution in [0.2, 0.25) is 0 Å². The summed E-state index contributed by atoms with van der Waals surface area (Å²) in [5.41, 5.74) is 6.94. The number of amides is 2. The number of carbonyl (C=O) groups excluding carboxylic acids is 2. The molecule has 188 valence electrons. The second-order valence-electron chi connectivity index (χ2n) is 10.1. The maximum atomic E-state index is 13.7. The number of aromatic nitrogens is 3. The first-order chi connectivity index (χ1) is 18.0. The lowest BCUT2D eigenvalue weighted by molar-refractivity contribution is 0.0588. The maximum Gasteiger partial charge on any atom is 0.263 e. The Morgan fingerprint density at radius 3 is 2.46 bits per heavy atom. The topological polar surface area (TPSA) is 71.3 Å². The van der Waals surface area contributed by atoms with Crippen LogP contribution >= 0.6 is 0 Å². The summed E-state index contributed by atoms with van der Waals surface area (Å²) in [7, 11) is 0. The number of nitrogens with zero attached hydrogens (tertiary/aromatic N) is 5. The van der Waals surface area contributed by atoms with Gasteiger partial charge in [0.25, 0.3) is 11.8 Å². The van der Waals surface area contributed by atoms with Gasteiger partial charge in [0.1, 0.15) is 0 Å². The summed E-state index contributed by atoms with van der Waals surface area (Å²) in [6.45, 7) is 8.46. The van der Waals surface area contributed by atoms with Crippen LogP contribution in [0, 0.1) is 13.8 Å². The average molecular weight is 494 g/mol. The quantitative estimate of drug-likeness (QED) is 0.359. The van der Waals surface area contributed by atoms with E-state index in [2.05, 4.69) is 30.9 Å². The normalized spacial score (nSPS) is 17.8. The number of fused-ring (bicyclic) bond motifs is 3. The van der Waals surface area contributed by atoms with Crippen molar-refractivity contribution in [2.24, 2.45) is 0 Å². The van der Waals surface area contributed by atoms with E-state index in [1.165, 1.54) is 10.5 Å². The fourth-order valence-electron chi connectivity index (χ4n) is 5.91. The SMILES string of the molecule is CCCc1nc2ccccc2c2c1C(=O)N(C1CCN(Cc3c(C)nn(-c4ccccc4)c3C)C1)C2=O. The summed E-state index contributed by atoms with van der Waals surface area (Å²) in [5.74, 6) is -0.357. The van der Waals surface area contributed by atoms with E-state index in [1.807, 2.05) is 54.1 Å². The molecule has 0 radical (unpaired) electrons. The zero-order valence-corrected chi connectivity index (χ0v) is 21.6. The van der Waals surface area contributed by atoms with Gasteiger partial charge in [0, 0.05) is 36.3 Å². The standard InChI is InChI=1S/C30H31N5O2/c1-4-10-26-28-27(23-13-8-9-14-25(23)31-26)29(36)34(30(28)37)22-15-16-33(17-22)18-24-19(2)32-35(20(24)3)21-11-6-5-7-12-21/h5-9,11-14,22H,4,10,15-18H2,1-3H3. The Morgan fingerprint density at radius 1 is 0.946 bits per heavy atom. The number of imide groups is 1. The molecule has 2 aromatic heterocycles. The predicted octanol–water partition coefficient (Wildman–Crippen LogP) is 4.86. The van der Waals surface area contributed by atoms with Crippen LogP contribution in [0.15, 0.2) is 54.6 Å². The number of pyridine rings is 1. The van der Waals surface area contributed by atoms with Crippen LogP contribution in [-0.4, -0.2) is 55.5 Å². The van der Waals surface area contributed by atoms with Crippen molar-refractivity contribution in [1.29, 1.82) is 0 Å². The van der Waals surface area contributed by atoms with E-state index < -0.39 is 0 Å². The van der Waals surface area contributed by atoms with Gasteiger partial charge in [0.05, 0.1) is 39.8 Å². The third-order valence-corrected chi connectivity index (χ3v) is 7.76. The molecular formula is C30H31N5O2. The van der Waals surface area contributed by atoms with Gasteiger partial charge in [-0.05, 0) is 44.9 Å². The molecular weight excluding hydrogens is 462 g/mol. The average Bonchev–Trinajstić information content (AvgIpc) is 3.56. The van der Waals surface area contributed by atoms with Gasteiger partial charge in [-0.2, -0.15) is 5.10 Å². The van der Waals surface area contributed by atoms with Gasteiger partial charge in [-0.15, -0.1) is 0 Å². The summed E-state index contributed by atoms with van der Waals surface area (Å²) in [6, 6.07) is 17.7. The van der Waals surface area contributed by atoms with Crippen molar-refractivity contribution in [3.05, 3.63) is 88.4 Å². The van der Waals surface area contributed by atoms with Crippen molar-refractivity contribution in [3.8, 4) is 5.69 Å². The fraction of sp³-hybridized carbons (Fsp3) is 0.333. The van der Waals surface area contributed by atoms with E-state index in [9.17, 15) is 9.59 Å². The van der Waals surface area contributed by atoms with Crippen LogP contribution in [0.4, 0.5) is 0 Å². The van der Waals surface area contributed by atoms with Gasteiger partial charge in [0.2, 0.25) is 0 Å². The summed E-state index contributed by atoms with van der Waals surface area (Å²) in [4.78, 5) is 36.1. The molecule has 0 saturated carbocycles. The largest absolute Gasteiger partial charge is 0.297 e. The smallest absolute Gasteiger partial charge is 0.263 e. The molecule has 4 heterocycles. The number of carbonyl (C=O) groups is 2. The molecule has 2 aromatic carbocycles. The zero-order valence-electron chi connectivity index (χ0n) is 21.6. The minimum atomic E-state index is -0.183. The van der Waals surface area contributed by atoms with Crippen LogP contribution in [0.1, 0.15) is 63.1 Å². The monoisotopic (exact) mass is 493 g/mol. The van der Waals surface area contributed by atoms with Gasteiger partial charge >= 0.3 is 0 Å². The molecule has 4 aromatic rings. The Labute approximate surface area is 216 Å². The molecule has 1 unspecified atom stereocenters. The van der Waals surface area contributed by atoms with Gasteiger partial charge in [-0.1, -0.05) is 49.7 Å². The highest BCUT2D eigenvalue weighted by atomic mass is 16.2. The van der Waals surface area contributed by atoms with Gasteiger partial charge in [-0.25, -0.2) is 4.68 Å². The van der Waals surface area contributed by atoms with E-state index in [0.717, 1.165) is 59.6 Å². The third-order valence-electron chi connectivity index (χ3n) is 7.76. The number of para-hydroxylation sites is 2. The van der Waals surface area contributed by atoms with Crippen LogP contribution in [0.5, 0.6) is 0 Å². The van der Waals surface area contributed by atoms with Gasteiger partial charge in [-0.3, -0.25) is 24.4 Å². The third kappa shape index (κ3) is 3.85. The van der Waals surface area contributed by atoms with Crippen molar-refractivity contribution < 1.29 is 9.59 Å². The van der Waals surface area contributed by atoms with Crippen molar-refractivity contribution in [2.45, 2.75) is 52.6 Å². The minimum Gasteiger partial charge on any atom is -0.297 e. The van der Waals surface area contributed by atoms with Crippen molar-refractivity contribution >= 4 is 22.7 Å². The maximum absolute atomic E-state index is 13.7. The molecule has 0 bridgehead atoms. The fourth-order valence-corrected chi connectivity index (χ4v) is 5.91. The minimum absolute atomic E-state index is 0.148. The second-order valence-corrected chi connectivity index (χ2v) is 10.1. The molecule has 0 N–H and O–H groups in total. The molecule has 1 fully saturated rings. The first-order valence-electron chi connectivity index (χ1n) is 13.1. The zero-order chi connectivity index (χ0) is 25.7. The molecule has 6 rings (SSSR count). The Hall–Kier alpha value is -3.84. The van der Waals surface area contributed by atoms with Crippen molar-refractivity contribution in [3.63, 3.8) is 0 Å². The summed E-state index contributed by atoms with van der Waals surface area (Å²) in [6.07, 6.45) is 2.32. The number of rotatable bonds is 6. The van der Waals surface area contributed by atoms with E-state index in [0.29, 0.717) is 24.1 Å². The first kappa shape index (κ1) is 23.6. The lowest BCUT2D eigenvalue weighted by Gasteiger charge is -2.23. The van der Waals surface area contributed by atoms with E-state index in [-0.39, 0.29) is 17.9 Å². The molecule has 7 heteroatoms. The molecule has 2 aliphatic rings. The van der Waals surface area contributed by atoms with E-state index in [1.54, 1.807) is 0 Å². The number of hydrogen-bond acceptors (Lipinski definition) is 5. The highest BCUT2D eigenvalue weighted by Gasteiger charge is 2.45. The summed E-state index contributed by atoms with van der Waals surface area (Å²) >= 11 is 0. The Kier molecular flexibility index (Phi) is 5.88. The Balaban J connectivity index is 1.26. The molecule has 7 nitrogen and oxygen atoms in total. The molecule has 0 aliphatic carbocycles. The summed E-state index contributed by atoms with van der Waals surface area (Å²) in [5, 5.41) is 5.56. The number of likely N-dealkylation sites (tertiary alicyclic amines) is 1. The molecule has 1 saturated heterocycles. The van der Waals surface area contributed by atoms with Crippen molar-refractivity contribution in [1.82, 2.24) is 24.6 Å². The summed E-state index contributed by atoms with van der Waals surface area (Å²) < 4.78 is 2.00. The number of benzene rings is 2. The van der Waals surface area contributed by atoms with Crippen LogP contribution in [0.25, 0.3) is 16.6 Å². The number of hydrogen-bond donors (Lipinski definition) is 0. The lowest BCUT2D eigenvalue weighted by Crippen LogP contribution is -2.41. The molecule has 37 heavy (non-hydrogen) atoms. The highest BCUT2D eigenvalue weighted by Crippen LogP contribution is 2.35. The molecule has 1 atom stereocenters.